The van der Waals surface area contributed by atoms with Crippen LogP contribution in [-0.2, 0) is 19.1 Å². The largest absolute Gasteiger partial charge is 0.449 e. The van der Waals surface area contributed by atoms with Gasteiger partial charge in [0.1, 0.15) is 5.82 Å². The molecule has 1 N–H and O–H groups in total. The minimum Gasteiger partial charge on any atom is -0.449 e. The van der Waals surface area contributed by atoms with Gasteiger partial charge in [-0.05, 0) is 63.1 Å². The van der Waals surface area contributed by atoms with E-state index in [0.717, 1.165) is 0 Å². The predicted octanol–water partition coefficient (Wildman–Crippen LogP) is 5.31. The van der Waals surface area contributed by atoms with Crippen molar-refractivity contribution in [3.05, 3.63) is 72.0 Å². The fourth-order valence-corrected chi connectivity index (χ4v) is 6.96. The molecular formula is C30H26FN3O5. The number of rotatable bonds is 5. The van der Waals surface area contributed by atoms with Crippen LogP contribution in [0.3, 0.4) is 0 Å². The molecule has 8 nitrogen and oxygen atoms in total. The number of hydrogen-bond acceptors (Lipinski definition) is 6. The summed E-state index contributed by atoms with van der Waals surface area (Å²) >= 11 is 0. The number of halogens is 1. The molecule has 0 radical (unpaired) electrons. The maximum absolute atomic E-state index is 14.2. The number of anilines is 2. The van der Waals surface area contributed by atoms with Gasteiger partial charge in [0.15, 0.2) is 0 Å². The average molecular weight is 528 g/mol. The number of ether oxygens (including phenoxy) is 2. The first-order chi connectivity index (χ1) is 18.6. The monoisotopic (exact) mass is 527 g/mol. The fourth-order valence-electron chi connectivity index (χ4n) is 6.96. The number of carbonyl (C=O) groups excluding carboxylic acids is 3. The maximum atomic E-state index is 14.2. The van der Waals surface area contributed by atoms with E-state index in [9.17, 15) is 24.0 Å². The number of benzene rings is 3. The second-order valence-electron chi connectivity index (χ2n) is 10.8. The molecule has 6 rings (SSSR count). The van der Waals surface area contributed by atoms with Gasteiger partial charge in [-0.2, -0.15) is 5.26 Å². The van der Waals surface area contributed by atoms with E-state index in [0.29, 0.717) is 40.6 Å². The molecule has 3 heterocycles. The van der Waals surface area contributed by atoms with Crippen LogP contribution in [0.4, 0.5) is 20.6 Å². The summed E-state index contributed by atoms with van der Waals surface area (Å²) in [4.78, 5) is 41.8. The normalized spacial score (nSPS) is 29.0. The van der Waals surface area contributed by atoms with Crippen LogP contribution in [0.1, 0.15) is 38.7 Å². The highest BCUT2D eigenvalue weighted by Crippen LogP contribution is 2.68. The van der Waals surface area contributed by atoms with E-state index in [1.54, 1.807) is 31.2 Å². The van der Waals surface area contributed by atoms with Gasteiger partial charge in [-0.1, -0.05) is 24.3 Å². The lowest BCUT2D eigenvalue weighted by atomic mass is 9.58. The van der Waals surface area contributed by atoms with Gasteiger partial charge in [0.2, 0.25) is 11.8 Å². The molecule has 2 bridgehead atoms. The Kier molecular flexibility index (Phi) is 5.52. The SMILES string of the molecule is CC12CCC(CCOC(=O)Nc3ccc(F)cc3)(O1)[C@]1(C)C(=O)N(c3ccc(C#N)c4ccccc34)C(=O)[C@H]21. The molecule has 3 saturated heterocycles. The van der Waals surface area contributed by atoms with E-state index in [-0.39, 0.29) is 24.8 Å². The van der Waals surface area contributed by atoms with E-state index in [1.807, 2.05) is 19.1 Å². The van der Waals surface area contributed by atoms with Crippen LogP contribution in [0, 0.1) is 28.5 Å². The van der Waals surface area contributed by atoms with E-state index < -0.39 is 34.4 Å². The molecule has 0 spiro atoms. The first-order valence-corrected chi connectivity index (χ1v) is 12.8. The molecular weight excluding hydrogens is 501 g/mol. The minimum absolute atomic E-state index is 0.0350. The number of nitrogens with zero attached hydrogens (tertiary/aromatic N) is 2. The summed E-state index contributed by atoms with van der Waals surface area (Å²) in [6.45, 7) is 3.62. The molecule has 39 heavy (non-hydrogen) atoms. The Hall–Kier alpha value is -4.29. The van der Waals surface area contributed by atoms with Crippen molar-refractivity contribution in [2.24, 2.45) is 11.3 Å². The van der Waals surface area contributed by atoms with Gasteiger partial charge in [-0.3, -0.25) is 14.9 Å². The van der Waals surface area contributed by atoms with Crippen molar-refractivity contribution in [1.82, 2.24) is 0 Å². The highest BCUT2D eigenvalue weighted by atomic mass is 19.1. The van der Waals surface area contributed by atoms with Gasteiger partial charge >= 0.3 is 6.09 Å². The first-order valence-electron chi connectivity index (χ1n) is 12.8. The van der Waals surface area contributed by atoms with Crippen LogP contribution < -0.4 is 10.2 Å². The standard InChI is InChI=1S/C30H26FN3O5/c1-28-13-14-30(39-28,15-16-38-27(37)33-20-10-8-19(31)9-11-20)29(2)24(28)25(35)34(26(29)36)23-12-7-18(17-32)21-5-3-4-6-22(21)23/h3-12,24H,13-16H2,1-2H3,(H,33,37)/t24-,28?,29+,30?/m1/s1. The van der Waals surface area contributed by atoms with E-state index in [1.165, 1.54) is 29.2 Å². The fraction of sp³-hybridized carbons (Fsp3) is 0.333. The third-order valence-electron chi connectivity index (χ3n) is 8.80. The molecule has 3 aromatic carbocycles. The number of amides is 3. The quantitative estimate of drug-likeness (QED) is 0.451. The van der Waals surface area contributed by atoms with E-state index in [4.69, 9.17) is 9.47 Å². The molecule has 0 saturated carbocycles. The zero-order valence-corrected chi connectivity index (χ0v) is 21.5. The topological polar surface area (TPSA) is 109 Å². The van der Waals surface area contributed by atoms with Gasteiger partial charge in [0.05, 0.1) is 46.5 Å². The summed E-state index contributed by atoms with van der Waals surface area (Å²) < 4.78 is 25.1. The van der Waals surface area contributed by atoms with E-state index >= 15 is 0 Å². The Morgan fingerprint density at radius 3 is 2.54 bits per heavy atom. The van der Waals surface area contributed by atoms with E-state index in [2.05, 4.69) is 11.4 Å². The Morgan fingerprint density at radius 2 is 1.82 bits per heavy atom. The summed E-state index contributed by atoms with van der Waals surface area (Å²) in [6.07, 6.45) is 0.655. The Labute approximate surface area is 224 Å². The number of hydrogen-bond donors (Lipinski definition) is 1. The third-order valence-corrected chi connectivity index (χ3v) is 8.80. The number of imide groups is 1. The molecule has 3 aromatic rings. The van der Waals surface area contributed by atoms with Crippen LogP contribution >= 0.6 is 0 Å². The van der Waals surface area contributed by atoms with Gasteiger partial charge in [0, 0.05) is 22.9 Å². The highest BCUT2D eigenvalue weighted by molar-refractivity contribution is 6.27. The molecule has 3 amide bonds. The van der Waals surface area contributed by atoms with Crippen LogP contribution in [0.25, 0.3) is 10.8 Å². The van der Waals surface area contributed by atoms with Crippen LogP contribution in [0.2, 0.25) is 0 Å². The third kappa shape index (κ3) is 3.48. The van der Waals surface area contributed by atoms with Crippen molar-refractivity contribution in [2.45, 2.75) is 44.3 Å². The summed E-state index contributed by atoms with van der Waals surface area (Å²) in [5, 5.41) is 13.4. The molecule has 0 aromatic heterocycles. The highest BCUT2D eigenvalue weighted by Gasteiger charge is 2.80. The number of carbonyl (C=O) groups is 3. The predicted molar refractivity (Wildman–Crippen MR) is 140 cm³/mol. The van der Waals surface area contributed by atoms with Crippen molar-refractivity contribution in [1.29, 1.82) is 5.26 Å². The minimum atomic E-state index is -1.16. The van der Waals surface area contributed by atoms with Crippen LogP contribution in [0.15, 0.2) is 60.7 Å². The molecule has 198 valence electrons. The molecule has 3 aliphatic rings. The Bertz CT molecular complexity index is 1580. The van der Waals surface area contributed by atoms with Gasteiger partial charge < -0.3 is 9.47 Å². The second kappa shape index (κ2) is 8.61. The molecule has 3 aliphatic heterocycles. The Balaban J connectivity index is 1.28. The molecule has 3 fully saturated rings. The lowest BCUT2D eigenvalue weighted by Crippen LogP contribution is -2.52. The summed E-state index contributed by atoms with van der Waals surface area (Å²) in [6, 6.07) is 18.0. The molecule has 4 atom stereocenters. The van der Waals surface area contributed by atoms with Crippen molar-refractivity contribution in [3.8, 4) is 6.07 Å². The van der Waals surface area contributed by atoms with Crippen molar-refractivity contribution >= 4 is 40.1 Å². The number of fused-ring (bicyclic) bond motifs is 6. The molecule has 0 aliphatic carbocycles. The number of nitrogens with one attached hydrogen (secondary N) is 1. The van der Waals surface area contributed by atoms with Gasteiger partial charge in [0.25, 0.3) is 0 Å². The van der Waals surface area contributed by atoms with Crippen LogP contribution in [-0.4, -0.2) is 35.7 Å². The average Bonchev–Trinajstić information content (AvgIpc) is 3.45. The number of nitriles is 1. The maximum Gasteiger partial charge on any atom is 0.411 e. The van der Waals surface area contributed by atoms with Crippen molar-refractivity contribution in [3.63, 3.8) is 0 Å². The Morgan fingerprint density at radius 1 is 1.10 bits per heavy atom. The first kappa shape index (κ1) is 25.0. The lowest BCUT2D eigenvalue weighted by Gasteiger charge is -2.40. The zero-order valence-electron chi connectivity index (χ0n) is 21.5. The lowest BCUT2D eigenvalue weighted by molar-refractivity contribution is -0.138. The van der Waals surface area contributed by atoms with Crippen molar-refractivity contribution in [2.75, 3.05) is 16.8 Å². The van der Waals surface area contributed by atoms with Gasteiger partial charge in [-0.15, -0.1) is 0 Å². The molecule has 9 heteroatoms. The zero-order chi connectivity index (χ0) is 27.6. The van der Waals surface area contributed by atoms with Crippen molar-refractivity contribution < 1.29 is 28.2 Å². The smallest absolute Gasteiger partial charge is 0.411 e. The summed E-state index contributed by atoms with van der Waals surface area (Å²) in [5.74, 6) is -1.80. The molecule has 2 unspecified atom stereocenters. The van der Waals surface area contributed by atoms with Crippen LogP contribution in [0.5, 0.6) is 0 Å². The second-order valence-corrected chi connectivity index (χ2v) is 10.8. The summed E-state index contributed by atoms with van der Waals surface area (Å²) in [5.41, 5.74) is -1.70. The summed E-state index contributed by atoms with van der Waals surface area (Å²) in [7, 11) is 0. The van der Waals surface area contributed by atoms with Gasteiger partial charge in [-0.25, -0.2) is 14.1 Å².